The molecule has 0 spiro atoms. The van der Waals surface area contributed by atoms with Gasteiger partial charge < -0.3 is 12.4 Å². The topological polar surface area (TPSA) is 12.9 Å². The molecule has 0 fully saturated rings. The second-order valence-corrected chi connectivity index (χ2v) is 3.29. The summed E-state index contributed by atoms with van der Waals surface area (Å²) in [5, 5.41) is 0. The van der Waals surface area contributed by atoms with Crippen molar-refractivity contribution in [2.45, 2.75) is 4.90 Å². The van der Waals surface area contributed by atoms with Gasteiger partial charge in [0.25, 0.3) is 0 Å². The van der Waals surface area contributed by atoms with Gasteiger partial charge in [-0.15, -0.1) is 0 Å². The molecule has 0 aliphatic heterocycles. The first-order valence-corrected chi connectivity index (χ1v) is 4.58. The van der Waals surface area contributed by atoms with Crippen LogP contribution in [-0.2, 0) is 0 Å². The Balaban J connectivity index is 0.000000810. The third kappa shape index (κ3) is 3.10. The smallest absolute Gasteiger partial charge is 1.00 e. The first-order chi connectivity index (χ1) is 4.33. The fourth-order valence-corrected chi connectivity index (χ4v) is 1.10. The van der Waals surface area contributed by atoms with Gasteiger partial charge in [-0.1, -0.05) is 0 Å². The second kappa shape index (κ2) is 5.24. The van der Waals surface area contributed by atoms with Crippen molar-refractivity contribution >= 4 is 37.3 Å². The van der Waals surface area contributed by atoms with E-state index in [1.165, 1.54) is 4.90 Å². The Hall–Kier alpha value is 0.556. The molecular weight excluding hydrogens is 178 g/mol. The Morgan fingerprint density at radius 2 is 2.20 bits per heavy atom. The maximum Gasteiger partial charge on any atom is -1.00 e. The molecule has 10 heavy (non-hydrogen) atoms. The normalized spacial score (nSPS) is 8.70. The quantitative estimate of drug-likeness (QED) is 0.356. The number of rotatable bonds is 1. The van der Waals surface area contributed by atoms with Gasteiger partial charge in [0.1, 0.15) is 0 Å². The van der Waals surface area contributed by atoms with E-state index >= 15 is 0 Å². The predicted octanol–water partition coefficient (Wildman–Crippen LogP) is -2.40. The van der Waals surface area contributed by atoms with Crippen molar-refractivity contribution in [1.82, 2.24) is 4.98 Å². The maximum atomic E-state index is 4.14. The average molecular weight is 184 g/mol. The van der Waals surface area contributed by atoms with Crippen molar-refractivity contribution in [3.63, 3.8) is 0 Å². The number of nitrogens with zero attached hydrogens (tertiary/aromatic N) is 1. The zero-order valence-corrected chi connectivity index (χ0v) is 8.66. The van der Waals surface area contributed by atoms with E-state index in [4.69, 9.17) is 0 Å². The number of aromatic nitrogens is 1. The number of hydrogen-bond donors (Lipinski definition) is 0. The summed E-state index contributed by atoms with van der Waals surface area (Å²) in [6.07, 6.45) is 3.95. The molecule has 0 atom stereocenters. The van der Waals surface area contributed by atoms with Gasteiger partial charge >= 0.3 is 71.8 Å². The molecule has 4 heteroatoms. The zero-order valence-electron chi connectivity index (χ0n) is 5.67. The van der Waals surface area contributed by atoms with E-state index in [0.717, 1.165) is 3.82 Å². The van der Waals surface area contributed by atoms with Gasteiger partial charge in [-0.2, -0.15) is 0 Å². The minimum atomic E-state index is 0. The first kappa shape index (κ1) is 10.6. The molecule has 1 heterocycles. The Kier molecular flexibility index (Phi) is 5.53. The number of halogens is 1. The van der Waals surface area contributed by atoms with Crippen molar-refractivity contribution in [2.24, 2.45) is 0 Å². The van der Waals surface area contributed by atoms with E-state index in [-0.39, 0.29) is 12.4 Å². The molecular formula is C6H6ClMgNS. The minimum Gasteiger partial charge on any atom is -1.00 e. The van der Waals surface area contributed by atoms with Gasteiger partial charge in [-0.25, -0.2) is 0 Å². The summed E-state index contributed by atoms with van der Waals surface area (Å²) in [5.41, 5.74) is 0. The van der Waals surface area contributed by atoms with Crippen LogP contribution in [0.25, 0.3) is 0 Å². The van der Waals surface area contributed by atoms with Crippen LogP contribution < -0.4 is 16.2 Å². The van der Waals surface area contributed by atoms with E-state index in [2.05, 4.69) is 17.3 Å². The summed E-state index contributed by atoms with van der Waals surface area (Å²) in [6.45, 7) is 0. The van der Waals surface area contributed by atoms with E-state index in [1.54, 1.807) is 33.5 Å². The molecule has 1 nitrogen and oxygen atoms in total. The fourth-order valence-electron chi connectivity index (χ4n) is 0.532. The minimum absolute atomic E-state index is 0. The van der Waals surface area contributed by atoms with Crippen LogP contribution in [-0.4, -0.2) is 32.9 Å². The second-order valence-electron chi connectivity index (χ2n) is 1.69. The predicted molar refractivity (Wildman–Crippen MR) is 41.4 cm³/mol. The molecule has 1 aromatic rings. The summed E-state index contributed by atoms with van der Waals surface area (Å²) in [6, 6.07) is 4.12. The molecule has 0 radical (unpaired) electrons. The molecule has 0 bridgehead atoms. The Morgan fingerprint density at radius 3 is 2.60 bits per heavy atom. The molecule has 1 aromatic heterocycles. The average Bonchev–Trinajstić information content (AvgIpc) is 1.90. The van der Waals surface area contributed by atoms with Crippen LogP contribution in [0.15, 0.2) is 23.2 Å². The van der Waals surface area contributed by atoms with Gasteiger partial charge in [0.2, 0.25) is 0 Å². The molecule has 0 saturated heterocycles. The van der Waals surface area contributed by atoms with Gasteiger partial charge in [0.15, 0.2) is 0 Å². The van der Waals surface area contributed by atoms with E-state index in [9.17, 15) is 0 Å². The van der Waals surface area contributed by atoms with Gasteiger partial charge in [-0.05, 0) is 0 Å². The molecule has 0 aliphatic rings. The van der Waals surface area contributed by atoms with Crippen LogP contribution in [0.5, 0.6) is 0 Å². The Bertz CT molecular complexity index is 189. The Labute approximate surface area is 83.8 Å². The van der Waals surface area contributed by atoms with Crippen LogP contribution >= 0.6 is 11.8 Å². The molecule has 0 aliphatic carbocycles. The SMILES string of the molecule is CSc1cc[c]([Mg+])nc1.[Cl-]. The van der Waals surface area contributed by atoms with Crippen molar-refractivity contribution in [3.8, 4) is 0 Å². The molecule has 0 amide bonds. The van der Waals surface area contributed by atoms with Crippen molar-refractivity contribution < 1.29 is 12.4 Å². The van der Waals surface area contributed by atoms with Gasteiger partial charge in [-0.3, -0.25) is 0 Å². The van der Waals surface area contributed by atoms with Crippen LogP contribution in [0.3, 0.4) is 0 Å². The van der Waals surface area contributed by atoms with E-state index in [0.29, 0.717) is 0 Å². The van der Waals surface area contributed by atoms with Crippen LogP contribution in [0.1, 0.15) is 0 Å². The molecule has 50 valence electrons. The summed E-state index contributed by atoms with van der Waals surface area (Å²) < 4.78 is 1.10. The summed E-state index contributed by atoms with van der Waals surface area (Å²) in [4.78, 5) is 5.37. The van der Waals surface area contributed by atoms with Crippen LogP contribution in [0, 0.1) is 0 Å². The fraction of sp³-hybridized carbons (Fsp3) is 0.167. The van der Waals surface area contributed by atoms with E-state index < -0.39 is 0 Å². The first-order valence-electron chi connectivity index (χ1n) is 2.65. The zero-order chi connectivity index (χ0) is 6.69. The van der Waals surface area contributed by atoms with Crippen LogP contribution in [0.4, 0.5) is 0 Å². The standard InChI is InChI=1S/C6H6NS.ClH.Mg/c1-8-6-3-2-4-7-5-6;;/h2-3,5H,1H3;1H;/q;;+1/p-1. The maximum absolute atomic E-state index is 4.14. The summed E-state index contributed by atoms with van der Waals surface area (Å²) >= 11 is 3.52. The van der Waals surface area contributed by atoms with E-state index in [1.807, 2.05) is 12.3 Å². The number of hydrogen-bond acceptors (Lipinski definition) is 2. The third-order valence-electron chi connectivity index (χ3n) is 1.03. The summed E-state index contributed by atoms with van der Waals surface area (Å²) in [7, 11) is 0. The van der Waals surface area contributed by atoms with Crippen molar-refractivity contribution in [3.05, 3.63) is 18.3 Å². The van der Waals surface area contributed by atoms with Crippen LogP contribution in [0.2, 0.25) is 0 Å². The number of pyridine rings is 1. The molecule has 0 unspecified atom stereocenters. The number of thioether (sulfide) groups is 1. The van der Waals surface area contributed by atoms with Crippen molar-refractivity contribution in [1.29, 1.82) is 0 Å². The van der Waals surface area contributed by atoms with Gasteiger partial charge in [0, 0.05) is 0 Å². The Morgan fingerprint density at radius 1 is 1.50 bits per heavy atom. The van der Waals surface area contributed by atoms with Crippen molar-refractivity contribution in [2.75, 3.05) is 6.26 Å². The molecule has 0 saturated carbocycles. The summed E-state index contributed by atoms with van der Waals surface area (Å²) in [5.74, 6) is 0. The van der Waals surface area contributed by atoms with Gasteiger partial charge in [0.05, 0.1) is 0 Å². The monoisotopic (exact) mass is 183 g/mol. The largest absolute Gasteiger partial charge is 1.00 e. The molecule has 0 N–H and O–H groups in total. The third-order valence-corrected chi connectivity index (χ3v) is 2.16. The molecule has 1 rings (SSSR count). The molecule has 0 aromatic carbocycles.